The van der Waals surface area contributed by atoms with Crippen LogP contribution in [0.5, 0.6) is 0 Å². The van der Waals surface area contributed by atoms with E-state index in [1.807, 2.05) is 6.07 Å². The summed E-state index contributed by atoms with van der Waals surface area (Å²) in [5.41, 5.74) is 0.943. The second-order valence-electron chi connectivity index (χ2n) is 7.81. The molecule has 0 saturated heterocycles. The van der Waals surface area contributed by atoms with Gasteiger partial charge in [-0.05, 0) is 42.5 Å². The van der Waals surface area contributed by atoms with Crippen LogP contribution in [-0.2, 0) is 12.7 Å². The lowest BCUT2D eigenvalue weighted by Gasteiger charge is -2.14. The highest BCUT2D eigenvalue weighted by molar-refractivity contribution is 5.99. The first kappa shape index (κ1) is 22.3. The molecule has 1 fully saturated rings. The van der Waals surface area contributed by atoms with Gasteiger partial charge in [-0.3, -0.25) is 4.79 Å². The van der Waals surface area contributed by atoms with Crippen LogP contribution in [0.25, 0.3) is 11.3 Å². The number of hydrogen-bond acceptors (Lipinski definition) is 5. The third-order valence-electron chi connectivity index (χ3n) is 5.33. The summed E-state index contributed by atoms with van der Waals surface area (Å²) < 4.78 is 39.8. The lowest BCUT2D eigenvalue weighted by atomic mass is 10.0. The lowest BCUT2D eigenvalue weighted by Crippen LogP contribution is -2.26. The van der Waals surface area contributed by atoms with Crippen LogP contribution in [0, 0.1) is 17.2 Å². The van der Waals surface area contributed by atoms with Gasteiger partial charge in [-0.15, -0.1) is 0 Å². The average molecular weight is 451 g/mol. The number of benzene rings is 2. The minimum absolute atomic E-state index is 0.0553. The first-order valence-electron chi connectivity index (χ1n) is 10.4. The number of halogens is 3. The maximum Gasteiger partial charge on any atom is 0.416 e. The molecule has 0 aliphatic heterocycles. The molecule has 4 rings (SSSR count). The van der Waals surface area contributed by atoms with Crippen molar-refractivity contribution >= 4 is 11.9 Å². The van der Waals surface area contributed by atoms with Crippen molar-refractivity contribution < 1.29 is 18.0 Å². The van der Waals surface area contributed by atoms with E-state index in [0.29, 0.717) is 29.3 Å². The van der Waals surface area contributed by atoms with Gasteiger partial charge in [-0.25, -0.2) is 9.97 Å². The van der Waals surface area contributed by atoms with E-state index in [-0.39, 0.29) is 29.5 Å². The molecule has 0 atom stereocenters. The van der Waals surface area contributed by atoms with Gasteiger partial charge in [0.2, 0.25) is 5.95 Å². The van der Waals surface area contributed by atoms with Crippen LogP contribution in [0.2, 0.25) is 0 Å². The molecule has 1 saturated carbocycles. The molecule has 0 spiro atoms. The second kappa shape index (κ2) is 9.28. The Labute approximate surface area is 188 Å². The van der Waals surface area contributed by atoms with Crippen molar-refractivity contribution in [2.45, 2.75) is 25.6 Å². The van der Waals surface area contributed by atoms with Crippen LogP contribution < -0.4 is 10.6 Å². The maximum absolute atomic E-state index is 13.3. The van der Waals surface area contributed by atoms with Crippen LogP contribution >= 0.6 is 0 Å². The van der Waals surface area contributed by atoms with E-state index in [1.165, 1.54) is 24.4 Å². The second-order valence-corrected chi connectivity index (χ2v) is 7.81. The highest BCUT2D eigenvalue weighted by Gasteiger charge is 2.32. The molecule has 2 N–H and O–H groups in total. The number of aromatic nitrogens is 2. The number of anilines is 1. The summed E-state index contributed by atoms with van der Waals surface area (Å²) in [6.07, 6.45) is -0.944. The van der Waals surface area contributed by atoms with Gasteiger partial charge in [-0.2, -0.15) is 18.4 Å². The van der Waals surface area contributed by atoms with Crippen molar-refractivity contribution in [1.29, 1.82) is 5.26 Å². The standard InChI is InChI=1S/C24H20F3N5O/c25-24(26,27)20-4-2-1-3-18(20)13-30-23-31-14-19(22(33)29-12-16-5-6-16)21(32-23)17-9-7-15(11-28)8-10-17/h1-4,7-10,14,16H,5-6,12-13H2,(H,29,33)(H,30,31,32). The minimum Gasteiger partial charge on any atom is -0.352 e. The molecule has 1 aliphatic carbocycles. The van der Waals surface area contributed by atoms with Crippen LogP contribution in [0.3, 0.4) is 0 Å². The predicted octanol–water partition coefficient (Wildman–Crippen LogP) is 4.79. The van der Waals surface area contributed by atoms with Crippen molar-refractivity contribution in [3.05, 3.63) is 77.0 Å². The molecule has 3 aromatic rings. The fourth-order valence-corrected chi connectivity index (χ4v) is 3.34. The van der Waals surface area contributed by atoms with Crippen molar-refractivity contribution in [2.24, 2.45) is 5.92 Å². The number of amides is 1. The van der Waals surface area contributed by atoms with Crippen molar-refractivity contribution in [3.63, 3.8) is 0 Å². The largest absolute Gasteiger partial charge is 0.416 e. The number of hydrogen-bond donors (Lipinski definition) is 2. The van der Waals surface area contributed by atoms with Crippen LogP contribution in [0.4, 0.5) is 19.1 Å². The summed E-state index contributed by atoms with van der Waals surface area (Å²) in [6.45, 7) is 0.426. The van der Waals surface area contributed by atoms with Crippen molar-refractivity contribution in [3.8, 4) is 17.3 Å². The van der Waals surface area contributed by atoms with Gasteiger partial charge in [0.15, 0.2) is 0 Å². The summed E-state index contributed by atoms with van der Waals surface area (Å²) in [4.78, 5) is 21.3. The van der Waals surface area contributed by atoms with Crippen molar-refractivity contribution in [1.82, 2.24) is 15.3 Å². The fraction of sp³-hybridized carbons (Fsp3) is 0.250. The number of nitrogens with one attached hydrogen (secondary N) is 2. The highest BCUT2D eigenvalue weighted by atomic mass is 19.4. The van der Waals surface area contributed by atoms with E-state index in [0.717, 1.165) is 18.9 Å². The summed E-state index contributed by atoms with van der Waals surface area (Å²) in [5.74, 6) is 0.253. The summed E-state index contributed by atoms with van der Waals surface area (Å²) in [7, 11) is 0. The smallest absolute Gasteiger partial charge is 0.352 e. The van der Waals surface area contributed by atoms with Gasteiger partial charge < -0.3 is 10.6 Å². The molecular formula is C24H20F3N5O. The van der Waals surface area contributed by atoms with Gasteiger partial charge in [-0.1, -0.05) is 30.3 Å². The Bertz CT molecular complexity index is 1200. The molecule has 0 bridgehead atoms. The van der Waals surface area contributed by atoms with Crippen LogP contribution in [0.1, 0.15) is 39.9 Å². The summed E-state index contributed by atoms with van der Waals surface area (Å²) >= 11 is 0. The van der Waals surface area contributed by atoms with E-state index in [1.54, 1.807) is 24.3 Å². The highest BCUT2D eigenvalue weighted by Crippen LogP contribution is 2.32. The van der Waals surface area contributed by atoms with Crippen molar-refractivity contribution in [2.75, 3.05) is 11.9 Å². The monoisotopic (exact) mass is 451 g/mol. The molecule has 0 radical (unpaired) electrons. The molecule has 0 unspecified atom stereocenters. The zero-order chi connectivity index (χ0) is 23.4. The van der Waals surface area contributed by atoms with Gasteiger partial charge in [0.25, 0.3) is 5.91 Å². The molecule has 9 heteroatoms. The molecule has 6 nitrogen and oxygen atoms in total. The third kappa shape index (κ3) is 5.47. The molecule has 168 valence electrons. The first-order chi connectivity index (χ1) is 15.8. The topological polar surface area (TPSA) is 90.7 Å². The number of rotatable bonds is 7. The molecule has 1 aliphatic rings. The summed E-state index contributed by atoms with van der Waals surface area (Å²) in [5, 5.41) is 14.7. The minimum atomic E-state index is -4.48. The van der Waals surface area contributed by atoms with E-state index < -0.39 is 11.7 Å². The molecule has 1 aromatic heterocycles. The third-order valence-corrected chi connectivity index (χ3v) is 5.33. The van der Waals surface area contributed by atoms with Crippen LogP contribution in [-0.4, -0.2) is 22.4 Å². The summed E-state index contributed by atoms with van der Waals surface area (Å²) in [6, 6.07) is 13.9. The fourth-order valence-electron chi connectivity index (χ4n) is 3.34. The van der Waals surface area contributed by atoms with E-state index in [4.69, 9.17) is 5.26 Å². The Hall–Kier alpha value is -3.93. The molecule has 1 amide bonds. The Morgan fingerprint density at radius 2 is 1.85 bits per heavy atom. The van der Waals surface area contributed by atoms with Gasteiger partial charge in [0.05, 0.1) is 28.5 Å². The zero-order valence-electron chi connectivity index (χ0n) is 17.5. The number of carbonyl (C=O) groups excluding carboxylic acids is 1. The number of alkyl halides is 3. The molecule has 1 heterocycles. The Balaban J connectivity index is 1.62. The van der Waals surface area contributed by atoms with E-state index >= 15 is 0 Å². The number of nitriles is 1. The van der Waals surface area contributed by atoms with E-state index in [2.05, 4.69) is 20.6 Å². The first-order valence-corrected chi connectivity index (χ1v) is 10.4. The number of carbonyl (C=O) groups is 1. The van der Waals surface area contributed by atoms with E-state index in [9.17, 15) is 18.0 Å². The Morgan fingerprint density at radius 3 is 2.52 bits per heavy atom. The molecule has 2 aromatic carbocycles. The Morgan fingerprint density at radius 1 is 1.12 bits per heavy atom. The van der Waals surface area contributed by atoms with Gasteiger partial charge >= 0.3 is 6.18 Å². The quantitative estimate of drug-likeness (QED) is 0.539. The zero-order valence-corrected chi connectivity index (χ0v) is 17.5. The van der Waals surface area contributed by atoms with Gasteiger partial charge in [0.1, 0.15) is 0 Å². The van der Waals surface area contributed by atoms with Crippen LogP contribution in [0.15, 0.2) is 54.7 Å². The Kier molecular flexibility index (Phi) is 6.27. The van der Waals surface area contributed by atoms with Gasteiger partial charge in [0, 0.05) is 24.8 Å². The number of nitrogens with zero attached hydrogens (tertiary/aromatic N) is 3. The average Bonchev–Trinajstić information content (AvgIpc) is 3.65. The lowest BCUT2D eigenvalue weighted by molar-refractivity contribution is -0.138. The predicted molar refractivity (Wildman–Crippen MR) is 116 cm³/mol. The maximum atomic E-state index is 13.3. The molecule has 33 heavy (non-hydrogen) atoms. The molecular weight excluding hydrogens is 431 g/mol. The normalized spacial score (nSPS) is 13.3. The SMILES string of the molecule is N#Cc1ccc(-c2nc(NCc3ccccc3C(F)(F)F)ncc2C(=O)NCC2CC2)cc1.